The smallest absolute Gasteiger partial charge is 0.228 e. The van der Waals surface area contributed by atoms with Gasteiger partial charge in [0.2, 0.25) is 11.8 Å². The summed E-state index contributed by atoms with van der Waals surface area (Å²) in [6.07, 6.45) is 1.48. The van der Waals surface area contributed by atoms with Crippen LogP contribution in [0.15, 0.2) is 36.4 Å². The molecule has 0 aromatic heterocycles. The predicted molar refractivity (Wildman–Crippen MR) is 130 cm³/mol. The van der Waals surface area contributed by atoms with Crippen LogP contribution in [-0.2, 0) is 9.59 Å². The number of nitrogens with zero attached hydrogens (tertiary/aromatic N) is 2. The molecule has 1 unspecified atom stereocenters. The molecule has 0 aliphatic carbocycles. The van der Waals surface area contributed by atoms with Crippen LogP contribution in [0.2, 0.25) is 5.02 Å². The third-order valence-corrected chi connectivity index (χ3v) is 7.43. The van der Waals surface area contributed by atoms with Crippen LogP contribution in [-0.4, -0.2) is 62.0 Å². The molecule has 0 saturated carbocycles. The van der Waals surface area contributed by atoms with Gasteiger partial charge in [0.25, 0.3) is 0 Å². The fourth-order valence-electron chi connectivity index (χ4n) is 5.27. The summed E-state index contributed by atoms with van der Waals surface area (Å²) in [5, 5.41) is 0.596. The summed E-state index contributed by atoms with van der Waals surface area (Å²) >= 11 is 5.96. The van der Waals surface area contributed by atoms with Gasteiger partial charge in [-0.15, -0.1) is 0 Å². The Morgan fingerprint density at radius 1 is 1.09 bits per heavy atom. The SMILES string of the molecule is COc1cc(OC)c2c(c1)OC1(CCN(C(=O)C3CC(=O)N(c4ccc(Cl)cc4)C3)CC1)CC2=O. The first-order valence-corrected chi connectivity index (χ1v) is 12.0. The summed E-state index contributed by atoms with van der Waals surface area (Å²) in [6.45, 7) is 1.28. The lowest BCUT2D eigenvalue weighted by molar-refractivity contribution is -0.139. The first-order valence-electron chi connectivity index (χ1n) is 11.7. The number of ether oxygens (including phenoxy) is 3. The molecule has 8 nitrogen and oxygen atoms in total. The maximum atomic E-state index is 13.3. The number of ketones is 1. The molecule has 2 aromatic carbocycles. The number of amides is 2. The normalized spacial score (nSPS) is 21.1. The number of Topliss-reactive ketones (excluding diaryl/α,β-unsaturated/α-hetero) is 1. The molecule has 9 heteroatoms. The number of fused-ring (bicyclic) bond motifs is 1. The summed E-state index contributed by atoms with van der Waals surface area (Å²) < 4.78 is 17.1. The second kappa shape index (κ2) is 9.07. The molecule has 3 aliphatic heterocycles. The van der Waals surface area contributed by atoms with Gasteiger partial charge in [-0.25, -0.2) is 0 Å². The molecule has 2 saturated heterocycles. The summed E-state index contributed by atoms with van der Waals surface area (Å²) in [4.78, 5) is 42.4. The van der Waals surface area contributed by atoms with E-state index in [1.165, 1.54) is 7.11 Å². The van der Waals surface area contributed by atoms with Crippen molar-refractivity contribution in [2.24, 2.45) is 5.92 Å². The van der Waals surface area contributed by atoms with E-state index in [1.807, 2.05) is 0 Å². The van der Waals surface area contributed by atoms with Gasteiger partial charge in [-0.1, -0.05) is 11.6 Å². The van der Waals surface area contributed by atoms with Gasteiger partial charge in [0.15, 0.2) is 5.78 Å². The van der Waals surface area contributed by atoms with Crippen LogP contribution in [0.4, 0.5) is 5.69 Å². The molecular formula is C26H27ClN2O6. The zero-order chi connectivity index (χ0) is 24.7. The van der Waals surface area contributed by atoms with Crippen molar-refractivity contribution in [1.29, 1.82) is 0 Å². The van der Waals surface area contributed by atoms with E-state index < -0.39 is 11.5 Å². The minimum absolute atomic E-state index is 0.0319. The number of carbonyl (C=O) groups excluding carboxylic acids is 3. The number of benzene rings is 2. The molecule has 3 heterocycles. The van der Waals surface area contributed by atoms with Gasteiger partial charge >= 0.3 is 0 Å². The molecule has 1 spiro atoms. The Hall–Kier alpha value is -3.26. The lowest BCUT2D eigenvalue weighted by atomic mass is 9.82. The van der Waals surface area contributed by atoms with Crippen LogP contribution in [0.1, 0.15) is 36.0 Å². The minimum Gasteiger partial charge on any atom is -0.496 e. The summed E-state index contributed by atoms with van der Waals surface area (Å²) in [6, 6.07) is 10.4. The third-order valence-electron chi connectivity index (χ3n) is 7.18. The van der Waals surface area contributed by atoms with Crippen molar-refractivity contribution in [1.82, 2.24) is 4.90 Å². The standard InChI is InChI=1S/C26H27ClN2O6/c1-33-19-12-21(34-2)24-20(30)14-26(35-22(24)13-19)7-9-28(10-8-26)25(32)16-11-23(31)29(15-16)18-5-3-17(27)4-6-18/h3-6,12-13,16H,7-11,14-15H2,1-2H3. The van der Waals surface area contributed by atoms with E-state index in [9.17, 15) is 14.4 Å². The van der Waals surface area contributed by atoms with E-state index in [-0.39, 0.29) is 30.4 Å². The zero-order valence-corrected chi connectivity index (χ0v) is 20.5. The van der Waals surface area contributed by atoms with Gasteiger partial charge in [0, 0.05) is 61.7 Å². The average molecular weight is 499 g/mol. The highest BCUT2D eigenvalue weighted by Gasteiger charge is 2.46. The van der Waals surface area contributed by atoms with Crippen molar-refractivity contribution in [2.75, 3.05) is 38.8 Å². The number of piperidine rings is 1. The second-order valence-electron chi connectivity index (χ2n) is 9.29. The monoisotopic (exact) mass is 498 g/mol. The predicted octanol–water partition coefficient (Wildman–Crippen LogP) is 3.74. The quantitative estimate of drug-likeness (QED) is 0.638. The van der Waals surface area contributed by atoms with Crippen LogP contribution in [0.5, 0.6) is 17.2 Å². The topological polar surface area (TPSA) is 85.4 Å². The first kappa shape index (κ1) is 23.5. The molecular weight excluding hydrogens is 472 g/mol. The van der Waals surface area contributed by atoms with E-state index in [4.69, 9.17) is 25.8 Å². The zero-order valence-electron chi connectivity index (χ0n) is 19.7. The van der Waals surface area contributed by atoms with Crippen LogP contribution in [0.25, 0.3) is 0 Å². The van der Waals surface area contributed by atoms with Crippen molar-refractivity contribution in [3.05, 3.63) is 47.0 Å². The molecule has 2 amide bonds. The lowest BCUT2D eigenvalue weighted by Gasteiger charge is -2.44. The molecule has 2 aromatic rings. The van der Waals surface area contributed by atoms with Crippen LogP contribution >= 0.6 is 11.6 Å². The molecule has 3 aliphatic rings. The van der Waals surface area contributed by atoms with Crippen molar-refractivity contribution >= 4 is 34.9 Å². The highest BCUT2D eigenvalue weighted by atomic mass is 35.5. The van der Waals surface area contributed by atoms with Crippen molar-refractivity contribution < 1.29 is 28.6 Å². The number of likely N-dealkylation sites (tertiary alicyclic amines) is 1. The number of hydrogen-bond acceptors (Lipinski definition) is 6. The van der Waals surface area contributed by atoms with Gasteiger partial charge < -0.3 is 24.0 Å². The Morgan fingerprint density at radius 2 is 1.80 bits per heavy atom. The van der Waals surface area contributed by atoms with Crippen molar-refractivity contribution in [3.63, 3.8) is 0 Å². The number of rotatable bonds is 4. The van der Waals surface area contributed by atoms with Crippen LogP contribution in [0, 0.1) is 5.92 Å². The van der Waals surface area contributed by atoms with Crippen molar-refractivity contribution in [3.8, 4) is 17.2 Å². The van der Waals surface area contributed by atoms with Crippen LogP contribution < -0.4 is 19.1 Å². The Balaban J connectivity index is 1.26. The highest BCUT2D eigenvalue weighted by Crippen LogP contribution is 2.45. The molecule has 0 radical (unpaired) electrons. The van der Waals surface area contributed by atoms with E-state index in [0.717, 1.165) is 5.69 Å². The number of methoxy groups -OCH3 is 2. The highest BCUT2D eigenvalue weighted by molar-refractivity contribution is 6.30. The minimum atomic E-state index is -0.668. The largest absolute Gasteiger partial charge is 0.496 e. The van der Waals surface area contributed by atoms with Gasteiger partial charge in [-0.3, -0.25) is 14.4 Å². The molecule has 1 atom stereocenters. The molecule has 0 bridgehead atoms. The fourth-order valence-corrected chi connectivity index (χ4v) is 5.39. The number of halogens is 1. The summed E-state index contributed by atoms with van der Waals surface area (Å²) in [5.74, 6) is 0.908. The molecule has 184 valence electrons. The summed E-state index contributed by atoms with van der Waals surface area (Å²) in [5.41, 5.74) is 0.508. The fraction of sp³-hybridized carbons (Fsp3) is 0.423. The Morgan fingerprint density at radius 3 is 2.46 bits per heavy atom. The van der Waals surface area contributed by atoms with E-state index in [0.29, 0.717) is 60.3 Å². The Bertz CT molecular complexity index is 1170. The Labute approximate surface area is 208 Å². The number of hydrogen-bond donors (Lipinski definition) is 0. The average Bonchev–Trinajstić information content (AvgIpc) is 3.25. The van der Waals surface area contributed by atoms with Gasteiger partial charge in [0.05, 0.1) is 26.6 Å². The Kier molecular flexibility index (Phi) is 6.09. The van der Waals surface area contributed by atoms with Crippen molar-refractivity contribution in [2.45, 2.75) is 31.3 Å². The molecule has 2 fully saturated rings. The molecule has 35 heavy (non-hydrogen) atoms. The maximum absolute atomic E-state index is 13.3. The van der Waals surface area contributed by atoms with E-state index in [2.05, 4.69) is 0 Å². The number of carbonyl (C=O) groups is 3. The van der Waals surface area contributed by atoms with Gasteiger partial charge in [-0.2, -0.15) is 0 Å². The third kappa shape index (κ3) is 4.31. The first-order chi connectivity index (χ1) is 16.8. The maximum Gasteiger partial charge on any atom is 0.228 e. The van der Waals surface area contributed by atoms with E-state index >= 15 is 0 Å². The second-order valence-corrected chi connectivity index (χ2v) is 9.73. The van der Waals surface area contributed by atoms with Gasteiger partial charge in [0.1, 0.15) is 28.4 Å². The number of anilines is 1. The van der Waals surface area contributed by atoms with E-state index in [1.54, 1.807) is 53.3 Å². The van der Waals surface area contributed by atoms with Gasteiger partial charge in [-0.05, 0) is 24.3 Å². The molecule has 5 rings (SSSR count). The summed E-state index contributed by atoms with van der Waals surface area (Å²) in [7, 11) is 3.06. The molecule has 0 N–H and O–H groups in total. The van der Waals surface area contributed by atoms with Crippen LogP contribution in [0.3, 0.4) is 0 Å². The lowest BCUT2D eigenvalue weighted by Crippen LogP contribution is -2.53.